The number of hydrogen-bond donors (Lipinski definition) is 2. The Morgan fingerprint density at radius 1 is 1.29 bits per heavy atom. The highest BCUT2D eigenvalue weighted by Crippen LogP contribution is 2.11. The number of rotatable bonds is 6. The number of pyridine rings is 1. The van der Waals surface area contributed by atoms with Crippen molar-refractivity contribution in [3.63, 3.8) is 0 Å². The quantitative estimate of drug-likeness (QED) is 0.587. The molecule has 0 atom stereocenters. The van der Waals surface area contributed by atoms with Crippen molar-refractivity contribution >= 4 is 5.82 Å². The topological polar surface area (TPSA) is 54.2 Å². The van der Waals surface area contributed by atoms with Crippen LogP contribution in [0.3, 0.4) is 0 Å². The van der Waals surface area contributed by atoms with Gasteiger partial charge < -0.3 is 5.43 Å². The normalized spacial score (nSPS) is 11.5. The monoisotopic (exact) mass is 236 g/mol. The molecule has 0 aliphatic rings. The van der Waals surface area contributed by atoms with Gasteiger partial charge in [0.15, 0.2) is 0 Å². The second-order valence-corrected chi connectivity index (χ2v) is 5.11. The van der Waals surface area contributed by atoms with Crippen LogP contribution >= 0.6 is 0 Å². The Kier molecular flexibility index (Phi) is 5.38. The summed E-state index contributed by atoms with van der Waals surface area (Å²) in [7, 11) is 0. The van der Waals surface area contributed by atoms with Crippen LogP contribution in [0.2, 0.25) is 0 Å². The van der Waals surface area contributed by atoms with Crippen molar-refractivity contribution in [3.8, 4) is 0 Å². The van der Waals surface area contributed by atoms with Gasteiger partial charge in [-0.2, -0.15) is 0 Å². The molecule has 1 aromatic heterocycles. The average Bonchev–Trinajstić information content (AvgIpc) is 2.28. The molecule has 0 saturated heterocycles. The molecule has 4 nitrogen and oxygen atoms in total. The van der Waals surface area contributed by atoms with Crippen LogP contribution in [-0.4, -0.2) is 22.5 Å². The molecule has 1 aromatic rings. The summed E-state index contributed by atoms with van der Waals surface area (Å²) in [6.07, 6.45) is 1.88. The lowest BCUT2D eigenvalue weighted by Gasteiger charge is -2.28. The lowest BCUT2D eigenvalue weighted by molar-refractivity contribution is 0.189. The fraction of sp³-hybridized carbons (Fsp3) is 0.615. The summed E-state index contributed by atoms with van der Waals surface area (Å²) >= 11 is 0. The molecule has 0 bridgehead atoms. The van der Waals surface area contributed by atoms with Gasteiger partial charge in [0, 0.05) is 25.3 Å². The minimum Gasteiger partial charge on any atom is -0.308 e. The summed E-state index contributed by atoms with van der Waals surface area (Å²) in [4.78, 5) is 6.68. The van der Waals surface area contributed by atoms with Crippen molar-refractivity contribution in [1.82, 2.24) is 9.88 Å². The summed E-state index contributed by atoms with van der Waals surface area (Å²) in [5.74, 6) is 6.67. The number of nitrogens with zero attached hydrogens (tertiary/aromatic N) is 2. The largest absolute Gasteiger partial charge is 0.308 e. The number of nitrogen functional groups attached to an aromatic ring is 1. The number of hydrogen-bond acceptors (Lipinski definition) is 4. The highest BCUT2D eigenvalue weighted by molar-refractivity contribution is 5.33. The SMILES string of the molecule is CC(C)CN(Cc1ccc(NN)nc1)C(C)C. The average molecular weight is 236 g/mol. The molecule has 1 heterocycles. The Hall–Kier alpha value is -1.13. The molecule has 0 aromatic carbocycles. The van der Waals surface area contributed by atoms with E-state index in [1.807, 2.05) is 12.3 Å². The molecular formula is C13H24N4. The summed E-state index contributed by atoms with van der Waals surface area (Å²) in [5.41, 5.74) is 3.76. The predicted octanol–water partition coefficient (Wildman–Crippen LogP) is 2.23. The van der Waals surface area contributed by atoms with Crippen LogP contribution in [0, 0.1) is 5.92 Å². The minimum atomic E-state index is 0.546. The van der Waals surface area contributed by atoms with E-state index in [1.54, 1.807) is 0 Å². The molecule has 96 valence electrons. The van der Waals surface area contributed by atoms with E-state index in [2.05, 4.69) is 49.1 Å². The van der Waals surface area contributed by atoms with E-state index in [1.165, 1.54) is 5.56 Å². The van der Waals surface area contributed by atoms with E-state index >= 15 is 0 Å². The first-order chi connectivity index (χ1) is 8.02. The van der Waals surface area contributed by atoms with Crippen molar-refractivity contribution in [2.24, 2.45) is 11.8 Å². The second-order valence-electron chi connectivity index (χ2n) is 5.11. The Bertz CT molecular complexity index is 319. The lowest BCUT2D eigenvalue weighted by atomic mass is 10.1. The van der Waals surface area contributed by atoms with Crippen molar-refractivity contribution in [1.29, 1.82) is 0 Å². The number of aromatic nitrogens is 1. The molecule has 0 unspecified atom stereocenters. The minimum absolute atomic E-state index is 0.546. The van der Waals surface area contributed by atoms with Crippen molar-refractivity contribution in [2.75, 3.05) is 12.0 Å². The van der Waals surface area contributed by atoms with Gasteiger partial charge in [-0.1, -0.05) is 19.9 Å². The Balaban J connectivity index is 2.65. The molecule has 0 fully saturated rings. The van der Waals surface area contributed by atoms with E-state index < -0.39 is 0 Å². The summed E-state index contributed by atoms with van der Waals surface area (Å²) in [5, 5.41) is 0. The van der Waals surface area contributed by atoms with Gasteiger partial charge in [-0.25, -0.2) is 10.8 Å². The van der Waals surface area contributed by atoms with Crippen molar-refractivity contribution in [3.05, 3.63) is 23.9 Å². The first-order valence-electron chi connectivity index (χ1n) is 6.18. The first-order valence-corrected chi connectivity index (χ1v) is 6.18. The highest BCUT2D eigenvalue weighted by Gasteiger charge is 2.11. The van der Waals surface area contributed by atoms with E-state index in [4.69, 9.17) is 5.84 Å². The smallest absolute Gasteiger partial charge is 0.139 e. The van der Waals surface area contributed by atoms with Crippen LogP contribution in [0.15, 0.2) is 18.3 Å². The highest BCUT2D eigenvalue weighted by atomic mass is 15.2. The summed E-state index contributed by atoms with van der Waals surface area (Å²) in [6.45, 7) is 11.0. The molecule has 0 saturated carbocycles. The van der Waals surface area contributed by atoms with Crippen LogP contribution < -0.4 is 11.3 Å². The molecule has 1 rings (SSSR count). The number of nitrogens with one attached hydrogen (secondary N) is 1. The molecule has 0 amide bonds. The fourth-order valence-electron chi connectivity index (χ4n) is 1.76. The molecule has 0 radical (unpaired) electrons. The number of nitrogens with two attached hydrogens (primary N) is 1. The van der Waals surface area contributed by atoms with E-state index in [0.717, 1.165) is 13.1 Å². The third kappa shape index (κ3) is 4.71. The van der Waals surface area contributed by atoms with Gasteiger partial charge in [0.05, 0.1) is 0 Å². The molecular weight excluding hydrogens is 212 g/mol. The lowest BCUT2D eigenvalue weighted by Crippen LogP contribution is -2.33. The van der Waals surface area contributed by atoms with E-state index in [-0.39, 0.29) is 0 Å². The van der Waals surface area contributed by atoms with Gasteiger partial charge in [-0.05, 0) is 31.4 Å². The molecule has 3 N–H and O–H groups in total. The fourth-order valence-corrected chi connectivity index (χ4v) is 1.76. The van der Waals surface area contributed by atoms with Crippen LogP contribution in [0.4, 0.5) is 5.82 Å². The summed E-state index contributed by atoms with van der Waals surface area (Å²) < 4.78 is 0. The van der Waals surface area contributed by atoms with E-state index in [9.17, 15) is 0 Å². The maximum Gasteiger partial charge on any atom is 0.139 e. The molecule has 4 heteroatoms. The number of hydrazine groups is 1. The third-order valence-electron chi connectivity index (χ3n) is 2.69. The van der Waals surface area contributed by atoms with Gasteiger partial charge in [0.1, 0.15) is 5.82 Å². The van der Waals surface area contributed by atoms with Crippen molar-refractivity contribution in [2.45, 2.75) is 40.3 Å². The van der Waals surface area contributed by atoms with Crippen LogP contribution in [0.25, 0.3) is 0 Å². The molecule has 0 aliphatic carbocycles. The maximum absolute atomic E-state index is 5.29. The molecule has 0 aliphatic heterocycles. The molecule has 17 heavy (non-hydrogen) atoms. The van der Waals surface area contributed by atoms with Gasteiger partial charge in [0.2, 0.25) is 0 Å². The zero-order valence-electron chi connectivity index (χ0n) is 11.3. The van der Waals surface area contributed by atoms with Gasteiger partial charge in [-0.3, -0.25) is 4.90 Å². The zero-order chi connectivity index (χ0) is 12.8. The first kappa shape index (κ1) is 13.9. The third-order valence-corrected chi connectivity index (χ3v) is 2.69. The van der Waals surface area contributed by atoms with Crippen LogP contribution in [-0.2, 0) is 6.54 Å². The Morgan fingerprint density at radius 2 is 2.00 bits per heavy atom. The Morgan fingerprint density at radius 3 is 2.41 bits per heavy atom. The van der Waals surface area contributed by atoms with Gasteiger partial charge in [-0.15, -0.1) is 0 Å². The second kappa shape index (κ2) is 6.57. The predicted molar refractivity (Wildman–Crippen MR) is 72.4 cm³/mol. The standard InChI is InChI=1S/C13H24N4/c1-10(2)8-17(11(3)4)9-12-5-6-13(16-14)15-7-12/h5-7,10-11H,8-9,14H2,1-4H3,(H,15,16). The molecule has 0 spiro atoms. The van der Waals surface area contributed by atoms with Crippen LogP contribution in [0.1, 0.15) is 33.3 Å². The van der Waals surface area contributed by atoms with Gasteiger partial charge in [0.25, 0.3) is 0 Å². The zero-order valence-corrected chi connectivity index (χ0v) is 11.3. The van der Waals surface area contributed by atoms with Crippen LogP contribution in [0.5, 0.6) is 0 Å². The van der Waals surface area contributed by atoms with E-state index in [0.29, 0.717) is 17.8 Å². The van der Waals surface area contributed by atoms with Gasteiger partial charge >= 0.3 is 0 Å². The Labute approximate surface area is 104 Å². The van der Waals surface area contributed by atoms with Crippen molar-refractivity contribution < 1.29 is 0 Å². The summed E-state index contributed by atoms with van der Waals surface area (Å²) in [6, 6.07) is 4.52. The maximum atomic E-state index is 5.29. The number of anilines is 1.